The van der Waals surface area contributed by atoms with Crippen LogP contribution in [0.25, 0.3) is 10.8 Å². The van der Waals surface area contributed by atoms with Crippen LogP contribution >= 0.6 is 0 Å². The van der Waals surface area contributed by atoms with Crippen molar-refractivity contribution in [2.45, 2.75) is 24.7 Å². The van der Waals surface area contributed by atoms with Crippen molar-refractivity contribution in [2.24, 2.45) is 0 Å². The molecule has 4 rings (SSSR count). The van der Waals surface area contributed by atoms with Crippen LogP contribution in [0, 0.1) is 0 Å². The zero-order chi connectivity index (χ0) is 18.1. The molecule has 0 radical (unpaired) electrons. The van der Waals surface area contributed by atoms with Gasteiger partial charge in [0.2, 0.25) is 0 Å². The van der Waals surface area contributed by atoms with Crippen molar-refractivity contribution in [1.29, 1.82) is 0 Å². The maximum absolute atomic E-state index is 12.5. The van der Waals surface area contributed by atoms with Crippen LogP contribution < -0.4 is 4.74 Å². The lowest BCUT2D eigenvalue weighted by atomic mass is 10.1. The number of fused-ring (bicyclic) bond motifs is 2. The van der Waals surface area contributed by atoms with Gasteiger partial charge in [-0.3, -0.25) is 0 Å². The monoisotopic (exact) mass is 354 g/mol. The molecule has 0 aliphatic carbocycles. The number of rotatable bonds is 4. The second kappa shape index (κ2) is 6.90. The van der Waals surface area contributed by atoms with Gasteiger partial charge in [-0.15, -0.1) is 0 Å². The first-order chi connectivity index (χ1) is 12.6. The molecule has 2 saturated heterocycles. The predicted octanol–water partition coefficient (Wildman–Crippen LogP) is 2.64. The second-order valence-corrected chi connectivity index (χ2v) is 6.29. The van der Waals surface area contributed by atoms with Crippen LogP contribution in [-0.4, -0.2) is 43.5 Å². The fourth-order valence-electron chi connectivity index (χ4n) is 3.31. The minimum Gasteiger partial charge on any atom is -0.453 e. The summed E-state index contributed by atoms with van der Waals surface area (Å²) in [6, 6.07) is 10.4. The van der Waals surface area contributed by atoms with E-state index in [2.05, 4.69) is 6.58 Å². The largest absolute Gasteiger partial charge is 0.453 e. The number of carbonyl (C=O) groups excluding carboxylic acids is 2. The minimum atomic E-state index is -0.518. The van der Waals surface area contributed by atoms with Gasteiger partial charge in [0.25, 0.3) is 0 Å². The van der Waals surface area contributed by atoms with Gasteiger partial charge in [-0.1, -0.05) is 18.7 Å². The predicted molar refractivity (Wildman–Crippen MR) is 93.1 cm³/mol. The molecule has 0 saturated carbocycles. The molecule has 0 bridgehead atoms. The van der Waals surface area contributed by atoms with Crippen molar-refractivity contribution in [3.05, 3.63) is 54.6 Å². The molecule has 3 atom stereocenters. The van der Waals surface area contributed by atoms with E-state index in [4.69, 9.17) is 18.9 Å². The molecule has 0 spiro atoms. The minimum absolute atomic E-state index is 0.0288. The Morgan fingerprint density at radius 2 is 1.92 bits per heavy atom. The number of esters is 2. The normalized spacial score (nSPS) is 24.2. The average Bonchev–Trinajstić information content (AvgIpc) is 3.26. The molecule has 6 nitrogen and oxygen atoms in total. The first kappa shape index (κ1) is 16.8. The van der Waals surface area contributed by atoms with Gasteiger partial charge in [0.15, 0.2) is 6.10 Å². The summed E-state index contributed by atoms with van der Waals surface area (Å²) in [5, 5.41) is 1.69. The molecule has 2 aliphatic rings. The van der Waals surface area contributed by atoms with Gasteiger partial charge in [-0.2, -0.15) is 0 Å². The van der Waals surface area contributed by atoms with E-state index < -0.39 is 11.9 Å². The fraction of sp³-hybridized carbons (Fsp3) is 0.300. The van der Waals surface area contributed by atoms with Crippen LogP contribution in [0.5, 0.6) is 5.75 Å². The van der Waals surface area contributed by atoms with E-state index in [-0.39, 0.29) is 18.3 Å². The number of benzene rings is 2. The highest BCUT2D eigenvalue weighted by molar-refractivity contribution is 5.96. The first-order valence-corrected chi connectivity index (χ1v) is 8.46. The van der Waals surface area contributed by atoms with Crippen LogP contribution in [0.15, 0.2) is 49.1 Å². The van der Waals surface area contributed by atoms with E-state index in [9.17, 15) is 9.59 Å². The molecule has 2 fully saturated rings. The van der Waals surface area contributed by atoms with E-state index >= 15 is 0 Å². The smallest absolute Gasteiger partial charge is 0.338 e. The molecule has 2 heterocycles. The summed E-state index contributed by atoms with van der Waals surface area (Å²) < 4.78 is 21.9. The standard InChI is InChI=1S/C20H18O6/c1-2-18(21)25-15-6-5-12-9-14(4-3-13(12)10-15)20(22)26-17-11-24-16-7-8-23-19(16)17/h2-6,9-10,16-17,19H,1,7-8,11H2. The topological polar surface area (TPSA) is 71.1 Å². The van der Waals surface area contributed by atoms with Gasteiger partial charge in [-0.25, -0.2) is 9.59 Å². The molecule has 0 N–H and O–H groups in total. The third-order valence-corrected chi connectivity index (χ3v) is 4.61. The highest BCUT2D eigenvalue weighted by Gasteiger charge is 2.44. The number of ether oxygens (including phenoxy) is 4. The van der Waals surface area contributed by atoms with Gasteiger partial charge in [0, 0.05) is 12.7 Å². The van der Waals surface area contributed by atoms with Crippen LogP contribution in [0.4, 0.5) is 0 Å². The van der Waals surface area contributed by atoms with E-state index in [1.807, 2.05) is 0 Å². The van der Waals surface area contributed by atoms with Gasteiger partial charge in [0.1, 0.15) is 11.9 Å². The third-order valence-electron chi connectivity index (χ3n) is 4.61. The molecule has 6 heteroatoms. The lowest BCUT2D eigenvalue weighted by Crippen LogP contribution is -2.32. The number of hydrogen-bond acceptors (Lipinski definition) is 6. The average molecular weight is 354 g/mol. The maximum atomic E-state index is 12.5. The molecule has 2 aromatic rings. The van der Waals surface area contributed by atoms with Crippen LogP contribution in [0.2, 0.25) is 0 Å². The van der Waals surface area contributed by atoms with Crippen LogP contribution in [-0.2, 0) is 19.0 Å². The highest BCUT2D eigenvalue weighted by atomic mass is 16.6. The van der Waals surface area contributed by atoms with Crippen molar-refractivity contribution in [1.82, 2.24) is 0 Å². The molecule has 0 aromatic heterocycles. The van der Waals surface area contributed by atoms with Gasteiger partial charge < -0.3 is 18.9 Å². The molecule has 3 unspecified atom stereocenters. The molecular formula is C20H18O6. The Morgan fingerprint density at radius 1 is 1.12 bits per heavy atom. The fourth-order valence-corrected chi connectivity index (χ4v) is 3.31. The number of hydrogen-bond donors (Lipinski definition) is 0. The Morgan fingerprint density at radius 3 is 2.77 bits per heavy atom. The maximum Gasteiger partial charge on any atom is 0.338 e. The summed E-state index contributed by atoms with van der Waals surface area (Å²) >= 11 is 0. The van der Waals surface area contributed by atoms with Crippen molar-refractivity contribution in [2.75, 3.05) is 13.2 Å². The van der Waals surface area contributed by atoms with Crippen LogP contribution in [0.1, 0.15) is 16.8 Å². The zero-order valence-corrected chi connectivity index (χ0v) is 14.1. The Balaban J connectivity index is 1.49. The van der Waals surface area contributed by atoms with E-state index in [1.165, 1.54) is 0 Å². The first-order valence-electron chi connectivity index (χ1n) is 8.46. The van der Waals surface area contributed by atoms with Crippen molar-refractivity contribution in [3.63, 3.8) is 0 Å². The summed E-state index contributed by atoms with van der Waals surface area (Å²) in [5.41, 5.74) is 0.454. The summed E-state index contributed by atoms with van der Waals surface area (Å²) in [6.07, 6.45) is 1.44. The Kier molecular flexibility index (Phi) is 4.44. The summed E-state index contributed by atoms with van der Waals surface area (Å²) in [4.78, 5) is 23.8. The SMILES string of the molecule is C=CC(=O)Oc1ccc2cc(C(=O)OC3COC4CCOC43)ccc2c1. The molecule has 26 heavy (non-hydrogen) atoms. The summed E-state index contributed by atoms with van der Waals surface area (Å²) in [5.74, 6) is -0.500. The molecule has 2 aromatic carbocycles. The molecular weight excluding hydrogens is 336 g/mol. The van der Waals surface area contributed by atoms with Crippen molar-refractivity contribution in [3.8, 4) is 5.75 Å². The Labute approximate surface area is 150 Å². The van der Waals surface area contributed by atoms with E-state index in [1.54, 1.807) is 36.4 Å². The zero-order valence-electron chi connectivity index (χ0n) is 14.1. The van der Waals surface area contributed by atoms with Gasteiger partial charge in [0.05, 0.1) is 18.3 Å². The van der Waals surface area contributed by atoms with Crippen LogP contribution in [0.3, 0.4) is 0 Å². The van der Waals surface area contributed by atoms with E-state index in [0.717, 1.165) is 23.3 Å². The summed E-state index contributed by atoms with van der Waals surface area (Å²) in [7, 11) is 0. The van der Waals surface area contributed by atoms with Crippen molar-refractivity contribution < 1.29 is 28.5 Å². The number of carbonyl (C=O) groups is 2. The third kappa shape index (κ3) is 3.21. The lowest BCUT2D eigenvalue weighted by Gasteiger charge is -2.16. The van der Waals surface area contributed by atoms with Gasteiger partial charge >= 0.3 is 11.9 Å². The summed E-state index contributed by atoms with van der Waals surface area (Å²) in [6.45, 7) is 4.37. The van der Waals surface area contributed by atoms with E-state index in [0.29, 0.717) is 24.5 Å². The Bertz CT molecular complexity index is 874. The second-order valence-electron chi connectivity index (χ2n) is 6.29. The lowest BCUT2D eigenvalue weighted by molar-refractivity contribution is -0.128. The quantitative estimate of drug-likeness (QED) is 0.478. The van der Waals surface area contributed by atoms with Gasteiger partial charge in [-0.05, 0) is 41.5 Å². The molecule has 2 aliphatic heterocycles. The Hall–Kier alpha value is -2.70. The van der Waals surface area contributed by atoms with Crippen molar-refractivity contribution >= 4 is 22.7 Å². The molecule has 0 amide bonds. The highest BCUT2D eigenvalue weighted by Crippen LogP contribution is 2.29. The molecule has 134 valence electrons.